The Morgan fingerprint density at radius 2 is 1.52 bits per heavy atom. The predicted octanol–water partition coefficient (Wildman–Crippen LogP) is 5.47. The van der Waals surface area contributed by atoms with Crippen molar-refractivity contribution < 1.29 is 4.74 Å². The molecule has 0 saturated carbocycles. The van der Waals surface area contributed by atoms with Crippen molar-refractivity contribution in [2.45, 2.75) is 12.5 Å². The molecule has 4 rings (SSSR count). The molecule has 1 N–H and O–H groups in total. The molecule has 0 amide bonds. The SMILES string of the molecule is COc1ccc2c(c1)C(c1ccccc1)=CC(C)(c1ccccc1)N2. The molecule has 2 heteroatoms. The van der Waals surface area contributed by atoms with Crippen molar-refractivity contribution in [2.24, 2.45) is 0 Å². The fraction of sp³-hybridized carbons (Fsp3) is 0.130. The minimum absolute atomic E-state index is 0.270. The molecule has 2 nitrogen and oxygen atoms in total. The first-order valence-corrected chi connectivity index (χ1v) is 8.50. The van der Waals surface area contributed by atoms with Crippen molar-refractivity contribution >= 4 is 11.3 Å². The first-order valence-electron chi connectivity index (χ1n) is 8.50. The number of hydrogen-bond acceptors (Lipinski definition) is 2. The number of ether oxygens (including phenoxy) is 1. The zero-order valence-electron chi connectivity index (χ0n) is 14.5. The first kappa shape index (κ1) is 15.5. The van der Waals surface area contributed by atoms with Crippen LogP contribution in [0.4, 0.5) is 5.69 Å². The number of hydrogen-bond donors (Lipinski definition) is 1. The van der Waals surface area contributed by atoms with Gasteiger partial charge in [0.05, 0.1) is 12.6 Å². The van der Waals surface area contributed by atoms with Gasteiger partial charge in [-0.2, -0.15) is 0 Å². The van der Waals surface area contributed by atoms with E-state index in [4.69, 9.17) is 4.74 Å². The maximum atomic E-state index is 5.45. The van der Waals surface area contributed by atoms with Gasteiger partial charge < -0.3 is 10.1 Å². The Kier molecular flexibility index (Phi) is 3.81. The van der Waals surface area contributed by atoms with Crippen molar-refractivity contribution in [1.82, 2.24) is 0 Å². The lowest BCUT2D eigenvalue weighted by molar-refractivity contribution is 0.414. The van der Waals surface area contributed by atoms with Crippen LogP contribution >= 0.6 is 0 Å². The van der Waals surface area contributed by atoms with Crippen LogP contribution < -0.4 is 10.1 Å². The number of fused-ring (bicyclic) bond motifs is 1. The van der Waals surface area contributed by atoms with E-state index < -0.39 is 0 Å². The van der Waals surface area contributed by atoms with Crippen LogP contribution in [0.15, 0.2) is 84.9 Å². The highest BCUT2D eigenvalue weighted by molar-refractivity contribution is 5.90. The maximum absolute atomic E-state index is 5.45. The third kappa shape index (κ3) is 2.80. The van der Waals surface area contributed by atoms with E-state index in [2.05, 4.69) is 85.0 Å². The lowest BCUT2D eigenvalue weighted by Crippen LogP contribution is -2.33. The van der Waals surface area contributed by atoms with Crippen LogP contribution in [-0.2, 0) is 5.54 Å². The molecule has 0 saturated heterocycles. The summed E-state index contributed by atoms with van der Waals surface area (Å²) in [4.78, 5) is 0. The third-order valence-corrected chi connectivity index (χ3v) is 4.80. The topological polar surface area (TPSA) is 21.3 Å². The highest BCUT2D eigenvalue weighted by Crippen LogP contribution is 2.42. The largest absolute Gasteiger partial charge is 0.497 e. The molecule has 25 heavy (non-hydrogen) atoms. The summed E-state index contributed by atoms with van der Waals surface area (Å²) in [7, 11) is 1.71. The van der Waals surface area contributed by atoms with Crippen LogP contribution in [0.2, 0.25) is 0 Å². The zero-order chi connectivity index (χ0) is 17.3. The Morgan fingerprint density at radius 3 is 2.20 bits per heavy atom. The molecule has 0 spiro atoms. The molecule has 3 aromatic carbocycles. The van der Waals surface area contributed by atoms with Gasteiger partial charge in [-0.1, -0.05) is 60.7 Å². The molecule has 0 aromatic heterocycles. The molecule has 0 radical (unpaired) electrons. The minimum atomic E-state index is -0.270. The third-order valence-electron chi connectivity index (χ3n) is 4.80. The molecule has 1 aliphatic heterocycles. The minimum Gasteiger partial charge on any atom is -0.497 e. The van der Waals surface area contributed by atoms with Crippen LogP contribution in [0, 0.1) is 0 Å². The van der Waals surface area contributed by atoms with Crippen molar-refractivity contribution in [3.05, 3.63) is 102 Å². The second-order valence-electron chi connectivity index (χ2n) is 6.53. The number of benzene rings is 3. The lowest BCUT2D eigenvalue weighted by Gasteiger charge is -2.36. The molecule has 0 bridgehead atoms. The fourth-order valence-corrected chi connectivity index (χ4v) is 3.46. The van der Waals surface area contributed by atoms with Crippen molar-refractivity contribution in [1.29, 1.82) is 0 Å². The van der Waals surface area contributed by atoms with E-state index in [1.807, 2.05) is 12.1 Å². The van der Waals surface area contributed by atoms with Gasteiger partial charge in [0.1, 0.15) is 5.75 Å². The van der Waals surface area contributed by atoms with Gasteiger partial charge in [0.25, 0.3) is 0 Å². The summed E-state index contributed by atoms with van der Waals surface area (Å²) in [5.41, 5.74) is 5.69. The molecule has 124 valence electrons. The van der Waals surface area contributed by atoms with Crippen molar-refractivity contribution in [2.75, 3.05) is 12.4 Å². The second-order valence-corrected chi connectivity index (χ2v) is 6.53. The van der Waals surface area contributed by atoms with Gasteiger partial charge in [0.15, 0.2) is 0 Å². The second kappa shape index (κ2) is 6.14. The highest BCUT2D eigenvalue weighted by atomic mass is 16.5. The average molecular weight is 327 g/mol. The standard InChI is InChI=1S/C23H21NO/c1-23(18-11-7-4-8-12-18)16-21(17-9-5-3-6-10-17)20-15-19(25-2)13-14-22(20)24-23/h3-16,24H,1-2H3. The number of anilines is 1. The monoisotopic (exact) mass is 327 g/mol. The molecule has 1 atom stereocenters. The summed E-state index contributed by atoms with van der Waals surface area (Å²) in [6.07, 6.45) is 2.32. The molecule has 1 aliphatic rings. The van der Waals surface area contributed by atoms with Gasteiger partial charge in [-0.3, -0.25) is 0 Å². The Labute approximate surface area is 148 Å². The van der Waals surface area contributed by atoms with E-state index in [9.17, 15) is 0 Å². The predicted molar refractivity (Wildman–Crippen MR) is 104 cm³/mol. The number of rotatable bonds is 3. The normalized spacial score (nSPS) is 18.7. The molecule has 0 aliphatic carbocycles. The van der Waals surface area contributed by atoms with Crippen LogP contribution in [0.1, 0.15) is 23.6 Å². The van der Waals surface area contributed by atoms with Crippen LogP contribution in [0.25, 0.3) is 5.57 Å². The summed E-state index contributed by atoms with van der Waals surface area (Å²) in [5.74, 6) is 0.866. The summed E-state index contributed by atoms with van der Waals surface area (Å²) >= 11 is 0. The van der Waals surface area contributed by atoms with Gasteiger partial charge in [-0.25, -0.2) is 0 Å². The summed E-state index contributed by atoms with van der Waals surface area (Å²) in [6.45, 7) is 2.22. The van der Waals surface area contributed by atoms with Gasteiger partial charge in [0, 0.05) is 11.3 Å². The van der Waals surface area contributed by atoms with E-state index in [0.717, 1.165) is 11.4 Å². The zero-order valence-corrected chi connectivity index (χ0v) is 14.5. The number of nitrogens with one attached hydrogen (secondary N) is 1. The molecule has 1 heterocycles. The molecule has 3 aromatic rings. The Morgan fingerprint density at radius 1 is 0.840 bits per heavy atom. The van der Waals surface area contributed by atoms with Gasteiger partial charge >= 0.3 is 0 Å². The van der Waals surface area contributed by atoms with E-state index in [0.29, 0.717) is 0 Å². The van der Waals surface area contributed by atoms with Crippen LogP contribution in [-0.4, -0.2) is 7.11 Å². The molecule has 0 fully saturated rings. The Balaban J connectivity index is 1.93. The summed E-state index contributed by atoms with van der Waals surface area (Å²) in [5, 5.41) is 3.71. The fourth-order valence-electron chi connectivity index (χ4n) is 3.46. The lowest BCUT2D eigenvalue weighted by atomic mass is 9.82. The quantitative estimate of drug-likeness (QED) is 0.689. The summed E-state index contributed by atoms with van der Waals surface area (Å²) in [6, 6.07) is 27.3. The van der Waals surface area contributed by atoms with Gasteiger partial charge in [-0.15, -0.1) is 0 Å². The van der Waals surface area contributed by atoms with Crippen LogP contribution in [0.5, 0.6) is 5.75 Å². The number of methoxy groups -OCH3 is 1. The first-order chi connectivity index (χ1) is 12.2. The Bertz CT molecular complexity index is 915. The molecular formula is C23H21NO. The van der Waals surface area contributed by atoms with Gasteiger partial charge in [-0.05, 0) is 47.9 Å². The summed E-state index contributed by atoms with van der Waals surface area (Å²) < 4.78 is 5.45. The van der Waals surface area contributed by atoms with E-state index in [1.165, 1.54) is 22.3 Å². The molecular weight excluding hydrogens is 306 g/mol. The van der Waals surface area contributed by atoms with E-state index >= 15 is 0 Å². The van der Waals surface area contributed by atoms with Crippen molar-refractivity contribution in [3.8, 4) is 5.75 Å². The molecule has 1 unspecified atom stereocenters. The van der Waals surface area contributed by atoms with E-state index in [-0.39, 0.29) is 5.54 Å². The van der Waals surface area contributed by atoms with Gasteiger partial charge in [0.2, 0.25) is 0 Å². The maximum Gasteiger partial charge on any atom is 0.119 e. The van der Waals surface area contributed by atoms with Crippen LogP contribution in [0.3, 0.4) is 0 Å². The smallest absolute Gasteiger partial charge is 0.119 e. The van der Waals surface area contributed by atoms with E-state index in [1.54, 1.807) is 7.11 Å². The Hall–Kier alpha value is -3.00. The van der Waals surface area contributed by atoms with Crippen molar-refractivity contribution in [3.63, 3.8) is 0 Å². The highest BCUT2D eigenvalue weighted by Gasteiger charge is 2.30. The average Bonchev–Trinajstić information content (AvgIpc) is 2.68.